The van der Waals surface area contributed by atoms with Crippen LogP contribution in [0.4, 0.5) is 0 Å². The van der Waals surface area contributed by atoms with Crippen molar-refractivity contribution >= 4 is 32.9 Å². The van der Waals surface area contributed by atoms with E-state index >= 15 is 0 Å². The molecule has 0 aromatic carbocycles. The van der Waals surface area contributed by atoms with Gasteiger partial charge in [-0.25, -0.2) is 0 Å². The largest absolute Gasteiger partial charge is 3.00 e. The minimum atomic E-state index is -1.11. The van der Waals surface area contributed by atoms with Crippen LogP contribution in [0.5, 0.6) is 0 Å². The molecule has 0 saturated carbocycles. The predicted octanol–water partition coefficient (Wildman–Crippen LogP) is 11.2. The Morgan fingerprint density at radius 2 is 0.423 bits per heavy atom. The molecule has 52 heavy (non-hydrogen) atoms. The molecule has 294 valence electrons. The van der Waals surface area contributed by atoms with Crippen LogP contribution in [-0.2, 0) is 21.7 Å². The van der Waals surface area contributed by atoms with Crippen molar-refractivity contribution in [1.29, 1.82) is 0 Å². The van der Waals surface area contributed by atoms with E-state index < -0.39 is 32.9 Å². The van der Waals surface area contributed by atoms with Gasteiger partial charge in [-0.1, -0.05) is 215 Å². The normalized spacial score (nSPS) is 17.3. The Morgan fingerprint density at radius 1 is 0.308 bits per heavy atom. The maximum Gasteiger partial charge on any atom is 3.00 e. The van der Waals surface area contributed by atoms with Crippen LogP contribution in [0.15, 0.2) is 48.5 Å². The first-order chi connectivity index (χ1) is 22.3. The van der Waals surface area contributed by atoms with Crippen LogP contribution in [-0.4, -0.2) is 32.9 Å². The van der Waals surface area contributed by atoms with Gasteiger partial charge in [0.15, 0.2) is 0 Å². The quantitative estimate of drug-likeness (QED) is 0.191. The standard InChI is InChI=1S/C28H32N4.2C6H18NSi2.2Dy/c1-25(2)17-9-11-19(29-17)26(3,4)21-13-15-23(31-21)28(7,8)24-16-14-22(32-24)27(5,6)20-12-10-18(25)30-20;2*1-8(2,3)7-9(4,5)6;;/h9-16H,1-8H3;2*1-6H3;;/q-4;2*-1;2*+3. The van der Waals surface area contributed by atoms with E-state index in [1.807, 2.05) is 0 Å². The molecule has 0 spiro atoms. The van der Waals surface area contributed by atoms with Gasteiger partial charge in [-0.3, -0.25) is 0 Å². The minimum Gasteiger partial charge on any atom is -0.668 e. The molecule has 2 radical (unpaired) electrons. The number of hydrogen-bond acceptors (Lipinski definition) is 0. The van der Waals surface area contributed by atoms with E-state index in [-0.39, 0.29) is 98.0 Å². The fraction of sp³-hybridized carbons (Fsp3) is 0.600. The summed E-state index contributed by atoms with van der Waals surface area (Å²) in [5, 5.41) is 0. The number of aromatic nitrogens is 4. The Bertz CT molecular complexity index is 1380. The van der Waals surface area contributed by atoms with Crippen molar-refractivity contribution < 1.29 is 76.3 Å². The summed E-state index contributed by atoms with van der Waals surface area (Å²) in [5.41, 5.74) is 7.12. The van der Waals surface area contributed by atoms with Crippen molar-refractivity contribution in [2.75, 3.05) is 0 Å². The van der Waals surface area contributed by atoms with Crippen molar-refractivity contribution in [2.24, 2.45) is 0 Å². The van der Waals surface area contributed by atoms with Crippen molar-refractivity contribution in [3.8, 4) is 0 Å². The molecule has 1 aliphatic heterocycles. The summed E-state index contributed by atoms with van der Waals surface area (Å²) in [7, 11) is -4.42. The first kappa shape index (κ1) is 50.5. The fourth-order valence-corrected chi connectivity index (χ4v) is 22.9. The summed E-state index contributed by atoms with van der Waals surface area (Å²) in [4.78, 5) is 20.4. The van der Waals surface area contributed by atoms with Crippen LogP contribution in [0, 0.1) is 76.3 Å². The van der Waals surface area contributed by atoms with E-state index in [1.165, 1.54) is 0 Å². The third kappa shape index (κ3) is 13.3. The fourth-order valence-electron chi connectivity index (χ4n) is 6.77. The third-order valence-electron chi connectivity index (χ3n) is 9.02. The molecule has 0 atom stereocenters. The molecule has 5 heterocycles. The van der Waals surface area contributed by atoms with Crippen molar-refractivity contribution in [3.63, 3.8) is 0 Å². The van der Waals surface area contributed by atoms with Crippen LogP contribution >= 0.6 is 0 Å². The SMILES string of the molecule is CC1(C)c2ccc([n-]2)C(C)(C)c2ccc([n-]2)C(C)(C)c2ccc([n-]2)C(C)(C)c2ccc1[n-]2.C[Si](C)(C)[N-][Si](C)(C)C.C[Si](C)(C)[N-][Si](C)(C)C.[Dy+3].[Dy+3]. The van der Waals surface area contributed by atoms with Gasteiger partial charge < -0.3 is 29.2 Å². The molecule has 0 N–H and O–H groups in total. The van der Waals surface area contributed by atoms with Gasteiger partial charge >= 0.3 is 76.3 Å². The molecule has 0 aliphatic carbocycles. The second-order valence-corrected chi connectivity index (χ2v) is 39.4. The molecule has 5 rings (SSSR count). The molecule has 4 aromatic heterocycles. The summed E-state index contributed by atoms with van der Waals surface area (Å²) >= 11 is 0. The monoisotopic (exact) mass is 1070 g/mol. The van der Waals surface area contributed by atoms with E-state index in [0.717, 1.165) is 45.6 Å². The van der Waals surface area contributed by atoms with Gasteiger partial charge in [0.25, 0.3) is 0 Å². The first-order valence-corrected chi connectivity index (χ1v) is 32.1. The zero-order chi connectivity index (χ0) is 38.5. The zero-order valence-corrected chi connectivity index (χ0v) is 44.0. The van der Waals surface area contributed by atoms with Gasteiger partial charge in [0.05, 0.1) is 0 Å². The van der Waals surface area contributed by atoms with E-state index in [9.17, 15) is 0 Å². The van der Waals surface area contributed by atoms with Crippen molar-refractivity contribution in [2.45, 2.75) is 156 Å². The van der Waals surface area contributed by atoms with Crippen molar-refractivity contribution in [1.82, 2.24) is 19.9 Å². The number of nitrogens with zero attached hydrogens (tertiary/aromatic N) is 6. The van der Waals surface area contributed by atoms with Gasteiger partial charge in [-0.05, 0) is 21.7 Å². The van der Waals surface area contributed by atoms with E-state index in [2.05, 4.69) is 182 Å². The topological polar surface area (TPSA) is 84.6 Å². The molecule has 1 aliphatic rings. The number of rotatable bonds is 4. The van der Waals surface area contributed by atoms with Gasteiger partial charge in [0, 0.05) is 0 Å². The zero-order valence-electron chi connectivity index (χ0n) is 35.9. The molecule has 0 amide bonds. The predicted molar refractivity (Wildman–Crippen MR) is 228 cm³/mol. The average molecular weight is 1070 g/mol. The maximum absolute atomic E-state index is 5.10. The number of fused-ring (bicyclic) bond motifs is 8. The maximum atomic E-state index is 5.10. The summed E-state index contributed by atoms with van der Waals surface area (Å²) < 4.78 is 9.64. The summed E-state index contributed by atoms with van der Waals surface area (Å²) in [6.07, 6.45) is 0. The second-order valence-electron chi connectivity index (χ2n) is 20.3. The minimum absolute atomic E-state index is 0. The summed E-state index contributed by atoms with van der Waals surface area (Å²) in [5.74, 6) is 0. The Morgan fingerprint density at radius 3 is 0.500 bits per heavy atom. The summed E-state index contributed by atoms with van der Waals surface area (Å²) in [6, 6.07) is 17.2. The molecule has 6 nitrogen and oxygen atoms in total. The van der Waals surface area contributed by atoms with Crippen LogP contribution in [0.1, 0.15) is 101 Å². The van der Waals surface area contributed by atoms with Crippen LogP contribution in [0.3, 0.4) is 0 Å². The van der Waals surface area contributed by atoms with Crippen LogP contribution < -0.4 is 19.9 Å². The molecule has 0 unspecified atom stereocenters. The van der Waals surface area contributed by atoms with Gasteiger partial charge in [0.2, 0.25) is 0 Å². The van der Waals surface area contributed by atoms with Crippen molar-refractivity contribution in [3.05, 3.63) is 103 Å². The van der Waals surface area contributed by atoms with E-state index in [1.54, 1.807) is 0 Å². The van der Waals surface area contributed by atoms with E-state index in [0.29, 0.717) is 0 Å². The van der Waals surface area contributed by atoms with Gasteiger partial charge in [-0.2, -0.15) is 45.6 Å². The summed E-state index contributed by atoms with van der Waals surface area (Å²) in [6.45, 7) is 45.2. The third-order valence-corrected chi connectivity index (χ3v) is 19.8. The Kier molecular flexibility index (Phi) is 17.0. The number of hydrogen-bond donors (Lipinski definition) is 0. The molecule has 0 saturated heterocycles. The Balaban J connectivity index is 0.000000565. The van der Waals surface area contributed by atoms with Crippen LogP contribution in [0.2, 0.25) is 78.6 Å². The smallest absolute Gasteiger partial charge is 0.668 e. The Hall–Kier alpha value is 0.453. The van der Waals surface area contributed by atoms with Gasteiger partial charge in [0.1, 0.15) is 0 Å². The van der Waals surface area contributed by atoms with Crippen LogP contribution in [0.25, 0.3) is 9.30 Å². The average Bonchev–Trinajstić information content (AvgIpc) is 3.71. The van der Waals surface area contributed by atoms with Gasteiger partial charge in [-0.15, -0.1) is 0 Å². The molecular formula is C40H68Dy2N6Si4. The molecule has 0 fully saturated rings. The molecular weight excluding hydrogens is 1000 g/mol. The van der Waals surface area contributed by atoms with E-state index in [4.69, 9.17) is 29.2 Å². The Labute approximate surface area is 383 Å². The molecule has 4 aromatic rings. The first-order valence-electron chi connectivity index (χ1n) is 18.3. The molecule has 8 bridgehead atoms. The second kappa shape index (κ2) is 17.5. The molecule has 12 heteroatoms.